The fourth-order valence-corrected chi connectivity index (χ4v) is 1.33. The summed E-state index contributed by atoms with van der Waals surface area (Å²) in [5, 5.41) is 30.4. The van der Waals surface area contributed by atoms with Gasteiger partial charge in [0.25, 0.3) is 5.69 Å². The predicted octanol–water partition coefficient (Wildman–Crippen LogP) is 1.37. The van der Waals surface area contributed by atoms with E-state index in [0.717, 1.165) is 0 Å². The van der Waals surface area contributed by atoms with Crippen molar-refractivity contribution in [1.29, 1.82) is 0 Å². The SMILES string of the molecule is Cc1ccc([N+](=O)[O-])c(N/C(=C\C(=O)O)C(=O)O)c1. The number of nitro benzene ring substituents is 1. The molecule has 0 aromatic heterocycles. The van der Waals surface area contributed by atoms with Crippen molar-refractivity contribution in [3.8, 4) is 0 Å². The number of rotatable bonds is 5. The molecule has 0 bridgehead atoms. The van der Waals surface area contributed by atoms with Gasteiger partial charge in [-0.3, -0.25) is 10.1 Å². The molecule has 0 aliphatic heterocycles. The minimum absolute atomic E-state index is 0.0834. The van der Waals surface area contributed by atoms with Crippen molar-refractivity contribution in [1.82, 2.24) is 0 Å². The number of nitrogens with one attached hydrogen (secondary N) is 1. The highest BCUT2D eigenvalue weighted by Gasteiger charge is 2.17. The Hall–Kier alpha value is -2.90. The molecule has 100 valence electrons. The van der Waals surface area contributed by atoms with E-state index in [-0.39, 0.29) is 11.4 Å². The van der Waals surface area contributed by atoms with Crippen molar-refractivity contribution < 1.29 is 24.7 Å². The van der Waals surface area contributed by atoms with Gasteiger partial charge in [0.1, 0.15) is 11.4 Å². The highest BCUT2D eigenvalue weighted by molar-refractivity contribution is 5.97. The van der Waals surface area contributed by atoms with E-state index < -0.39 is 22.6 Å². The number of aliphatic carboxylic acids is 2. The number of hydrogen-bond donors (Lipinski definition) is 3. The first-order valence-corrected chi connectivity index (χ1v) is 5.01. The zero-order chi connectivity index (χ0) is 14.6. The highest BCUT2D eigenvalue weighted by atomic mass is 16.6. The Morgan fingerprint density at radius 3 is 2.47 bits per heavy atom. The Morgan fingerprint density at radius 1 is 1.37 bits per heavy atom. The number of carboxylic acids is 2. The third kappa shape index (κ3) is 3.80. The van der Waals surface area contributed by atoms with Gasteiger partial charge in [-0.15, -0.1) is 0 Å². The summed E-state index contributed by atoms with van der Waals surface area (Å²) in [6, 6.07) is 4.05. The van der Waals surface area contributed by atoms with Gasteiger partial charge in [-0.1, -0.05) is 6.07 Å². The molecule has 1 aromatic carbocycles. The van der Waals surface area contributed by atoms with E-state index in [1.807, 2.05) is 0 Å². The van der Waals surface area contributed by atoms with Gasteiger partial charge in [-0.05, 0) is 18.6 Å². The molecule has 0 saturated heterocycles. The quantitative estimate of drug-likeness (QED) is 0.416. The summed E-state index contributed by atoms with van der Waals surface area (Å²) >= 11 is 0. The normalized spacial score (nSPS) is 10.9. The Kier molecular flexibility index (Phi) is 4.19. The Bertz CT molecular complexity index is 579. The second-order valence-electron chi connectivity index (χ2n) is 3.60. The van der Waals surface area contributed by atoms with Crippen LogP contribution in [0.3, 0.4) is 0 Å². The first-order chi connectivity index (χ1) is 8.81. The molecule has 0 fully saturated rings. The molecule has 0 radical (unpaired) electrons. The monoisotopic (exact) mass is 266 g/mol. The summed E-state index contributed by atoms with van der Waals surface area (Å²) in [5.74, 6) is -3.00. The maximum Gasteiger partial charge on any atom is 0.352 e. The molecule has 0 heterocycles. The summed E-state index contributed by atoms with van der Waals surface area (Å²) in [6.45, 7) is 1.66. The zero-order valence-corrected chi connectivity index (χ0v) is 9.78. The third-order valence-electron chi connectivity index (χ3n) is 2.12. The van der Waals surface area contributed by atoms with Crippen LogP contribution < -0.4 is 5.32 Å². The van der Waals surface area contributed by atoms with Crippen LogP contribution in [0.5, 0.6) is 0 Å². The largest absolute Gasteiger partial charge is 0.478 e. The van der Waals surface area contributed by atoms with Crippen molar-refractivity contribution in [2.75, 3.05) is 5.32 Å². The van der Waals surface area contributed by atoms with E-state index in [1.165, 1.54) is 18.2 Å². The number of carboxylic acid groups (broad SMARTS) is 2. The maximum absolute atomic E-state index is 10.8. The van der Waals surface area contributed by atoms with Gasteiger partial charge in [0.15, 0.2) is 0 Å². The topological polar surface area (TPSA) is 130 Å². The molecule has 0 atom stereocenters. The molecular formula is C11H10N2O6. The lowest BCUT2D eigenvalue weighted by Crippen LogP contribution is -2.13. The van der Waals surface area contributed by atoms with Crippen LogP contribution in [0.25, 0.3) is 0 Å². The van der Waals surface area contributed by atoms with Gasteiger partial charge in [0.05, 0.1) is 11.0 Å². The van der Waals surface area contributed by atoms with E-state index in [2.05, 4.69) is 5.32 Å². The van der Waals surface area contributed by atoms with Crippen LogP contribution in [0, 0.1) is 17.0 Å². The van der Waals surface area contributed by atoms with Crippen LogP contribution in [0.2, 0.25) is 0 Å². The van der Waals surface area contributed by atoms with Gasteiger partial charge in [-0.25, -0.2) is 9.59 Å². The van der Waals surface area contributed by atoms with Crippen LogP contribution in [-0.2, 0) is 9.59 Å². The van der Waals surface area contributed by atoms with Gasteiger partial charge < -0.3 is 15.5 Å². The number of carbonyl (C=O) groups is 2. The summed E-state index contributed by atoms with van der Waals surface area (Å²) in [4.78, 5) is 31.4. The van der Waals surface area contributed by atoms with Crippen molar-refractivity contribution in [2.24, 2.45) is 0 Å². The lowest BCUT2D eigenvalue weighted by Gasteiger charge is -2.08. The van der Waals surface area contributed by atoms with Crippen LogP contribution >= 0.6 is 0 Å². The lowest BCUT2D eigenvalue weighted by molar-refractivity contribution is -0.383. The summed E-state index contributed by atoms with van der Waals surface area (Å²) in [5.41, 5.74) is -0.433. The highest BCUT2D eigenvalue weighted by Crippen LogP contribution is 2.26. The lowest BCUT2D eigenvalue weighted by atomic mass is 10.2. The predicted molar refractivity (Wildman–Crippen MR) is 64.8 cm³/mol. The number of aryl methyl sites for hydroxylation is 1. The van der Waals surface area contributed by atoms with Crippen molar-refractivity contribution in [2.45, 2.75) is 6.92 Å². The number of anilines is 1. The molecule has 3 N–H and O–H groups in total. The van der Waals surface area contributed by atoms with Gasteiger partial charge in [0.2, 0.25) is 0 Å². The van der Waals surface area contributed by atoms with Gasteiger partial charge >= 0.3 is 11.9 Å². The summed E-state index contributed by atoms with van der Waals surface area (Å²) < 4.78 is 0. The van der Waals surface area contributed by atoms with Crippen molar-refractivity contribution >= 4 is 23.3 Å². The Labute approximate surface area is 107 Å². The zero-order valence-electron chi connectivity index (χ0n) is 9.78. The molecule has 8 nitrogen and oxygen atoms in total. The van der Waals surface area contributed by atoms with Crippen molar-refractivity contribution in [3.63, 3.8) is 0 Å². The van der Waals surface area contributed by atoms with Crippen LogP contribution in [-0.4, -0.2) is 27.1 Å². The van der Waals surface area contributed by atoms with E-state index in [9.17, 15) is 19.7 Å². The molecule has 0 aliphatic carbocycles. The minimum atomic E-state index is -1.53. The molecule has 0 saturated carbocycles. The Balaban J connectivity index is 3.23. The molecule has 0 amide bonds. The first-order valence-electron chi connectivity index (χ1n) is 5.01. The van der Waals surface area contributed by atoms with Gasteiger partial charge in [-0.2, -0.15) is 0 Å². The standard InChI is InChI=1S/C11H10N2O6/c1-6-2-3-9(13(18)19)7(4-6)12-8(11(16)17)5-10(14)15/h2-5,12H,1H3,(H,14,15)(H,16,17)/b8-5-. The second kappa shape index (κ2) is 5.63. The molecule has 8 heteroatoms. The van der Waals surface area contributed by atoms with E-state index in [4.69, 9.17) is 10.2 Å². The van der Waals surface area contributed by atoms with Gasteiger partial charge in [0, 0.05) is 6.07 Å². The smallest absolute Gasteiger partial charge is 0.352 e. The molecular weight excluding hydrogens is 256 g/mol. The fraction of sp³-hybridized carbons (Fsp3) is 0.0909. The molecule has 19 heavy (non-hydrogen) atoms. The molecule has 0 unspecified atom stereocenters. The molecule has 0 spiro atoms. The van der Waals surface area contributed by atoms with E-state index in [1.54, 1.807) is 6.92 Å². The summed E-state index contributed by atoms with van der Waals surface area (Å²) in [6.07, 6.45) is 0.425. The van der Waals surface area contributed by atoms with Crippen LogP contribution in [0.1, 0.15) is 5.56 Å². The Morgan fingerprint density at radius 2 is 2.00 bits per heavy atom. The number of benzene rings is 1. The average molecular weight is 266 g/mol. The number of nitrogens with zero attached hydrogens (tertiary/aromatic N) is 1. The number of nitro groups is 1. The molecule has 1 aromatic rings. The second-order valence-corrected chi connectivity index (χ2v) is 3.60. The van der Waals surface area contributed by atoms with Crippen LogP contribution in [0.4, 0.5) is 11.4 Å². The molecule has 1 rings (SSSR count). The van der Waals surface area contributed by atoms with Crippen LogP contribution in [0.15, 0.2) is 30.0 Å². The van der Waals surface area contributed by atoms with Crippen molar-refractivity contribution in [3.05, 3.63) is 45.6 Å². The fourth-order valence-electron chi connectivity index (χ4n) is 1.33. The minimum Gasteiger partial charge on any atom is -0.478 e. The molecule has 0 aliphatic rings. The number of hydrogen-bond acceptors (Lipinski definition) is 5. The van der Waals surface area contributed by atoms with E-state index in [0.29, 0.717) is 11.6 Å². The maximum atomic E-state index is 10.8. The summed E-state index contributed by atoms with van der Waals surface area (Å²) in [7, 11) is 0. The third-order valence-corrected chi connectivity index (χ3v) is 2.12. The first kappa shape index (κ1) is 14.2. The van der Waals surface area contributed by atoms with E-state index >= 15 is 0 Å². The average Bonchev–Trinajstić information content (AvgIpc) is 2.26.